The van der Waals surface area contributed by atoms with Gasteiger partial charge in [0.1, 0.15) is 12.2 Å². The van der Waals surface area contributed by atoms with Gasteiger partial charge in [0.2, 0.25) is 0 Å². The fraction of sp³-hybridized carbons (Fsp3) is 0.700. The number of Topliss-reactive ketones (excluding diaryl/α,β-unsaturated/α-hetero) is 1. The van der Waals surface area contributed by atoms with Crippen LogP contribution in [0.15, 0.2) is 23.3 Å². The van der Waals surface area contributed by atoms with Gasteiger partial charge in [-0.1, -0.05) is 38.5 Å². The average Bonchev–Trinajstić information content (AvgIpc) is 2.55. The van der Waals surface area contributed by atoms with Crippen molar-refractivity contribution in [2.45, 2.75) is 72.7 Å². The van der Waals surface area contributed by atoms with Gasteiger partial charge in [-0.25, -0.2) is 0 Å². The Morgan fingerprint density at radius 1 is 1.04 bits per heavy atom. The van der Waals surface area contributed by atoms with Crippen LogP contribution in [0.2, 0.25) is 0 Å². The van der Waals surface area contributed by atoms with Crippen molar-refractivity contribution in [3.63, 3.8) is 0 Å². The fourth-order valence-corrected chi connectivity index (χ4v) is 3.24. The first-order valence-electron chi connectivity index (χ1n) is 9.03. The largest absolute Gasteiger partial charge is 0.461 e. The smallest absolute Gasteiger partial charge is 0.312 e. The van der Waals surface area contributed by atoms with E-state index >= 15 is 0 Å². The zero-order valence-corrected chi connectivity index (χ0v) is 16.2. The van der Waals surface area contributed by atoms with E-state index in [1.807, 2.05) is 39.8 Å². The summed E-state index contributed by atoms with van der Waals surface area (Å²) in [6.45, 7) is 10.9. The topological polar surface area (TPSA) is 83.8 Å². The second kappa shape index (κ2) is 9.30. The van der Waals surface area contributed by atoms with Gasteiger partial charge in [-0.15, -0.1) is 0 Å². The standard InChI is InChI=1S/C20H32O5/c1-7-17-12(3)10-14(5)18(22)13(4)8-11(2)9-16(21)19(23)15(6)20(24)25-17/h8,10,12-13,15,17-19,22-23H,7,9H2,1-6H3/b11-8-,14-10-/t12-,13-,15-,17-,18?,19+/m1/s1. The second-order valence-corrected chi connectivity index (χ2v) is 7.35. The van der Waals surface area contributed by atoms with Crippen LogP contribution in [0.5, 0.6) is 0 Å². The minimum atomic E-state index is -1.39. The zero-order valence-electron chi connectivity index (χ0n) is 16.2. The summed E-state index contributed by atoms with van der Waals surface area (Å²) in [5.41, 5.74) is 1.58. The predicted molar refractivity (Wildman–Crippen MR) is 96.8 cm³/mol. The molecule has 0 radical (unpaired) electrons. The van der Waals surface area contributed by atoms with Crippen molar-refractivity contribution in [3.05, 3.63) is 23.3 Å². The number of carbonyl (C=O) groups is 2. The molecule has 2 N–H and O–H groups in total. The summed E-state index contributed by atoms with van der Waals surface area (Å²) in [4.78, 5) is 24.6. The van der Waals surface area contributed by atoms with E-state index in [4.69, 9.17) is 4.74 Å². The van der Waals surface area contributed by atoms with Crippen LogP contribution >= 0.6 is 0 Å². The first kappa shape index (κ1) is 21.6. The first-order chi connectivity index (χ1) is 11.6. The molecule has 0 saturated carbocycles. The molecular weight excluding hydrogens is 320 g/mol. The molecule has 0 spiro atoms. The van der Waals surface area contributed by atoms with Crippen LogP contribution in [0.25, 0.3) is 0 Å². The molecule has 0 amide bonds. The number of aliphatic hydroxyl groups excluding tert-OH is 2. The molecule has 0 aromatic heterocycles. The molecule has 5 heteroatoms. The van der Waals surface area contributed by atoms with E-state index in [-0.39, 0.29) is 24.4 Å². The third-order valence-corrected chi connectivity index (χ3v) is 4.92. The van der Waals surface area contributed by atoms with E-state index in [0.29, 0.717) is 6.42 Å². The molecule has 1 heterocycles. The highest BCUT2D eigenvalue weighted by atomic mass is 16.5. The minimum Gasteiger partial charge on any atom is -0.461 e. The summed E-state index contributed by atoms with van der Waals surface area (Å²) in [6.07, 6.45) is 2.02. The molecule has 1 unspecified atom stereocenters. The molecule has 1 aliphatic heterocycles. The lowest BCUT2D eigenvalue weighted by atomic mass is 9.90. The lowest BCUT2D eigenvalue weighted by Gasteiger charge is -2.26. The number of rotatable bonds is 1. The van der Waals surface area contributed by atoms with Gasteiger partial charge in [-0.05, 0) is 32.8 Å². The third kappa shape index (κ3) is 5.79. The van der Waals surface area contributed by atoms with Crippen LogP contribution in [0, 0.1) is 17.8 Å². The quantitative estimate of drug-likeness (QED) is 0.560. The third-order valence-electron chi connectivity index (χ3n) is 4.92. The highest BCUT2D eigenvalue weighted by molar-refractivity contribution is 5.89. The number of carbonyl (C=O) groups excluding carboxylic acids is 2. The minimum absolute atomic E-state index is 0.0478. The number of aliphatic hydroxyl groups is 2. The van der Waals surface area contributed by atoms with Gasteiger partial charge in [0, 0.05) is 18.3 Å². The summed E-state index contributed by atoms with van der Waals surface area (Å²) in [6, 6.07) is 0. The van der Waals surface area contributed by atoms with Crippen molar-refractivity contribution in [1.82, 2.24) is 0 Å². The summed E-state index contributed by atoms with van der Waals surface area (Å²) >= 11 is 0. The van der Waals surface area contributed by atoms with Crippen LogP contribution < -0.4 is 0 Å². The monoisotopic (exact) mass is 352 g/mol. The van der Waals surface area contributed by atoms with Crippen LogP contribution in [0.4, 0.5) is 0 Å². The lowest BCUT2D eigenvalue weighted by Crippen LogP contribution is -2.37. The van der Waals surface area contributed by atoms with E-state index < -0.39 is 29.9 Å². The van der Waals surface area contributed by atoms with Gasteiger partial charge in [-0.2, -0.15) is 0 Å². The van der Waals surface area contributed by atoms with E-state index in [1.165, 1.54) is 6.92 Å². The number of esters is 1. The van der Waals surface area contributed by atoms with Gasteiger partial charge in [-0.3, -0.25) is 9.59 Å². The van der Waals surface area contributed by atoms with Gasteiger partial charge >= 0.3 is 5.97 Å². The van der Waals surface area contributed by atoms with Crippen LogP contribution in [0.1, 0.15) is 54.4 Å². The Morgan fingerprint density at radius 2 is 1.64 bits per heavy atom. The summed E-state index contributed by atoms with van der Waals surface area (Å²) < 4.78 is 5.53. The normalized spacial score (nSPS) is 40.3. The lowest BCUT2D eigenvalue weighted by molar-refractivity contribution is -0.161. The molecule has 0 saturated heterocycles. The second-order valence-electron chi connectivity index (χ2n) is 7.35. The van der Waals surface area contributed by atoms with E-state index in [2.05, 4.69) is 0 Å². The van der Waals surface area contributed by atoms with E-state index in [9.17, 15) is 19.8 Å². The number of ether oxygens (including phenoxy) is 1. The summed E-state index contributed by atoms with van der Waals surface area (Å²) in [7, 11) is 0. The molecule has 0 bridgehead atoms. The van der Waals surface area contributed by atoms with Crippen LogP contribution in [-0.2, 0) is 14.3 Å². The molecule has 5 nitrogen and oxygen atoms in total. The van der Waals surface area contributed by atoms with Crippen molar-refractivity contribution in [2.75, 3.05) is 0 Å². The summed E-state index contributed by atoms with van der Waals surface area (Å²) in [5, 5.41) is 20.7. The SMILES string of the molecule is CC[C@H]1OC(=O)[C@H](C)[C@H](O)C(=O)C/C(C)=C\[C@@H](C)C(O)/C(C)=C\[C@H]1C. The molecule has 142 valence electrons. The van der Waals surface area contributed by atoms with Crippen molar-refractivity contribution < 1.29 is 24.5 Å². The van der Waals surface area contributed by atoms with E-state index in [1.54, 1.807) is 6.92 Å². The maximum absolute atomic E-state index is 12.3. The molecule has 0 fully saturated rings. The molecular formula is C20H32O5. The van der Waals surface area contributed by atoms with Crippen LogP contribution in [-0.4, -0.2) is 40.3 Å². The predicted octanol–water partition coefficient (Wildman–Crippen LogP) is 2.80. The van der Waals surface area contributed by atoms with Crippen molar-refractivity contribution in [3.8, 4) is 0 Å². The van der Waals surface area contributed by atoms with Gasteiger partial charge in [0.25, 0.3) is 0 Å². The van der Waals surface area contributed by atoms with Crippen LogP contribution in [0.3, 0.4) is 0 Å². The first-order valence-corrected chi connectivity index (χ1v) is 9.03. The number of allylic oxidation sites excluding steroid dienone is 1. The summed E-state index contributed by atoms with van der Waals surface area (Å²) in [5.74, 6) is -2.12. The Labute approximate surface area is 150 Å². The molecule has 1 aliphatic rings. The maximum atomic E-state index is 12.3. The average molecular weight is 352 g/mol. The van der Waals surface area contributed by atoms with Gasteiger partial charge in [0.05, 0.1) is 12.0 Å². The van der Waals surface area contributed by atoms with Crippen molar-refractivity contribution in [2.24, 2.45) is 17.8 Å². The number of hydrogen-bond acceptors (Lipinski definition) is 5. The van der Waals surface area contributed by atoms with Crippen molar-refractivity contribution >= 4 is 11.8 Å². The molecule has 0 aromatic carbocycles. The molecule has 1 rings (SSSR count). The van der Waals surface area contributed by atoms with Gasteiger partial charge in [0.15, 0.2) is 5.78 Å². The maximum Gasteiger partial charge on any atom is 0.312 e. The Balaban J connectivity index is 3.24. The van der Waals surface area contributed by atoms with Crippen molar-refractivity contribution in [1.29, 1.82) is 0 Å². The highest BCUT2D eigenvalue weighted by Gasteiger charge is 2.32. The number of cyclic esters (lactones) is 1. The number of ketones is 1. The number of hydrogen-bond donors (Lipinski definition) is 2. The highest BCUT2D eigenvalue weighted by Crippen LogP contribution is 2.23. The Bertz CT molecular complexity index is 548. The molecule has 0 aliphatic carbocycles. The molecule has 6 atom stereocenters. The zero-order chi connectivity index (χ0) is 19.3. The molecule has 0 aromatic rings. The fourth-order valence-electron chi connectivity index (χ4n) is 3.24. The Morgan fingerprint density at radius 3 is 2.20 bits per heavy atom. The molecule has 25 heavy (non-hydrogen) atoms. The Kier molecular flexibility index (Phi) is 8.03. The van der Waals surface area contributed by atoms with E-state index in [0.717, 1.165) is 11.1 Å². The van der Waals surface area contributed by atoms with Gasteiger partial charge < -0.3 is 14.9 Å². The Hall–Kier alpha value is -1.46.